The number of rotatable bonds is 6. The molecule has 112 valence electrons. The van der Waals surface area contributed by atoms with Crippen LogP contribution in [0.3, 0.4) is 0 Å². The van der Waals surface area contributed by atoms with Crippen LogP contribution in [0.15, 0.2) is 0 Å². The van der Waals surface area contributed by atoms with E-state index in [9.17, 15) is 4.79 Å². The Hall–Kier alpha value is -0.570. The number of likely N-dealkylation sites (N-methyl/N-ethyl adjacent to an activating group) is 1. The highest BCUT2D eigenvalue weighted by Gasteiger charge is 2.34. The third-order valence-electron chi connectivity index (χ3n) is 4.36. The molecule has 1 aliphatic heterocycles. The highest BCUT2D eigenvalue weighted by molar-refractivity contribution is 5.82. The third kappa shape index (κ3) is 5.13. The molecule has 0 saturated carbocycles. The van der Waals surface area contributed by atoms with Gasteiger partial charge in [0.15, 0.2) is 0 Å². The van der Waals surface area contributed by atoms with Crippen LogP contribution >= 0.6 is 0 Å². The Bertz CT molecular complexity index is 288. The van der Waals surface area contributed by atoms with Crippen LogP contribution in [0.5, 0.6) is 0 Å². The van der Waals surface area contributed by atoms with E-state index in [-0.39, 0.29) is 11.5 Å². The average molecular weight is 268 g/mol. The molecule has 2 atom stereocenters. The van der Waals surface area contributed by atoms with Gasteiger partial charge in [0.1, 0.15) is 0 Å². The summed E-state index contributed by atoms with van der Waals surface area (Å²) in [5, 5.41) is 3.20. The molecule has 1 aliphatic rings. The van der Waals surface area contributed by atoms with Gasteiger partial charge < -0.3 is 10.2 Å². The van der Waals surface area contributed by atoms with Crippen LogP contribution in [-0.4, -0.2) is 37.0 Å². The molecule has 0 aromatic heterocycles. The third-order valence-corrected chi connectivity index (χ3v) is 4.36. The molecule has 0 radical (unpaired) electrons. The first kappa shape index (κ1) is 16.5. The van der Waals surface area contributed by atoms with Gasteiger partial charge in [-0.3, -0.25) is 4.79 Å². The first-order valence-corrected chi connectivity index (χ1v) is 7.85. The average Bonchev–Trinajstić information content (AvgIpc) is 2.47. The summed E-state index contributed by atoms with van der Waals surface area (Å²) < 4.78 is 0. The molecule has 0 aliphatic carbocycles. The maximum atomic E-state index is 12.5. The van der Waals surface area contributed by atoms with Crippen molar-refractivity contribution in [1.29, 1.82) is 0 Å². The van der Waals surface area contributed by atoms with Crippen LogP contribution in [-0.2, 0) is 4.79 Å². The topological polar surface area (TPSA) is 32.3 Å². The van der Waals surface area contributed by atoms with E-state index in [1.165, 1.54) is 19.3 Å². The Labute approximate surface area is 119 Å². The molecule has 19 heavy (non-hydrogen) atoms. The highest BCUT2D eigenvalue weighted by atomic mass is 16.2. The molecule has 0 aromatic carbocycles. The van der Waals surface area contributed by atoms with Gasteiger partial charge in [-0.15, -0.1) is 0 Å². The van der Waals surface area contributed by atoms with Gasteiger partial charge in [-0.1, -0.05) is 40.5 Å². The second-order valence-corrected chi connectivity index (χ2v) is 6.99. The van der Waals surface area contributed by atoms with Gasteiger partial charge in [0, 0.05) is 13.1 Å². The van der Waals surface area contributed by atoms with Crippen LogP contribution in [0, 0.1) is 11.3 Å². The van der Waals surface area contributed by atoms with Crippen LogP contribution in [0.2, 0.25) is 0 Å². The number of carbonyl (C=O) groups excluding carboxylic acids is 1. The van der Waals surface area contributed by atoms with Crippen molar-refractivity contribution in [3.8, 4) is 0 Å². The van der Waals surface area contributed by atoms with Gasteiger partial charge in [0.25, 0.3) is 0 Å². The molecule has 2 unspecified atom stereocenters. The normalized spacial score (nSPS) is 25.2. The van der Waals surface area contributed by atoms with Crippen molar-refractivity contribution in [2.24, 2.45) is 11.3 Å². The molecule has 3 nitrogen and oxygen atoms in total. The van der Waals surface area contributed by atoms with E-state index in [2.05, 4.69) is 37.9 Å². The van der Waals surface area contributed by atoms with E-state index in [1.807, 2.05) is 7.05 Å². The van der Waals surface area contributed by atoms with E-state index >= 15 is 0 Å². The quantitative estimate of drug-likeness (QED) is 0.803. The molecule has 1 fully saturated rings. The van der Waals surface area contributed by atoms with Gasteiger partial charge >= 0.3 is 0 Å². The minimum Gasteiger partial charge on any atom is -0.341 e. The number of nitrogens with one attached hydrogen (secondary N) is 1. The molecule has 0 spiro atoms. The molecule has 1 saturated heterocycles. The summed E-state index contributed by atoms with van der Waals surface area (Å²) in [7, 11) is 1.91. The second kappa shape index (κ2) is 7.28. The SMILES string of the molecule is CCCCC(C)CN1CCC(C)(C)CC(NC)C1=O. The van der Waals surface area contributed by atoms with Crippen molar-refractivity contribution in [3.05, 3.63) is 0 Å². The number of hydrogen-bond acceptors (Lipinski definition) is 2. The Morgan fingerprint density at radius 1 is 1.47 bits per heavy atom. The van der Waals surface area contributed by atoms with E-state index < -0.39 is 0 Å². The zero-order valence-corrected chi connectivity index (χ0v) is 13.5. The second-order valence-electron chi connectivity index (χ2n) is 6.99. The Kier molecular flexibility index (Phi) is 6.31. The van der Waals surface area contributed by atoms with Gasteiger partial charge in [-0.2, -0.15) is 0 Å². The highest BCUT2D eigenvalue weighted by Crippen LogP contribution is 2.31. The van der Waals surface area contributed by atoms with Gasteiger partial charge in [-0.25, -0.2) is 0 Å². The predicted octanol–water partition coefficient (Wildman–Crippen LogP) is 3.05. The summed E-state index contributed by atoms with van der Waals surface area (Å²) in [6, 6.07) is -0.00382. The Balaban J connectivity index is 2.63. The summed E-state index contributed by atoms with van der Waals surface area (Å²) >= 11 is 0. The largest absolute Gasteiger partial charge is 0.341 e. The maximum Gasteiger partial charge on any atom is 0.239 e. The van der Waals surface area contributed by atoms with Gasteiger partial charge in [-0.05, 0) is 37.6 Å². The van der Waals surface area contributed by atoms with Crippen molar-refractivity contribution >= 4 is 5.91 Å². The zero-order valence-electron chi connectivity index (χ0n) is 13.5. The molecule has 0 bridgehead atoms. The van der Waals surface area contributed by atoms with Crippen molar-refractivity contribution < 1.29 is 4.79 Å². The lowest BCUT2D eigenvalue weighted by Crippen LogP contribution is -2.45. The van der Waals surface area contributed by atoms with E-state index in [4.69, 9.17) is 0 Å². The van der Waals surface area contributed by atoms with Crippen molar-refractivity contribution in [2.45, 2.75) is 65.8 Å². The molecular formula is C16H32N2O. The van der Waals surface area contributed by atoms with Gasteiger partial charge in [0.05, 0.1) is 6.04 Å². The van der Waals surface area contributed by atoms with Crippen LogP contribution in [0.1, 0.15) is 59.8 Å². The standard InChI is InChI=1S/C16H32N2O/c1-6-7-8-13(2)12-18-10-9-16(3,4)11-14(17-5)15(18)19/h13-14,17H,6-12H2,1-5H3. The zero-order chi connectivity index (χ0) is 14.5. The molecule has 1 amide bonds. The molecule has 3 heteroatoms. The van der Waals surface area contributed by atoms with Crippen molar-refractivity contribution in [1.82, 2.24) is 10.2 Å². The number of likely N-dealkylation sites (tertiary alicyclic amines) is 1. The van der Waals surface area contributed by atoms with Crippen LogP contribution in [0.4, 0.5) is 0 Å². The number of carbonyl (C=O) groups is 1. The number of nitrogens with zero attached hydrogens (tertiary/aromatic N) is 1. The smallest absolute Gasteiger partial charge is 0.239 e. The van der Waals surface area contributed by atoms with E-state index in [1.54, 1.807) is 0 Å². The molecule has 1 heterocycles. The fraction of sp³-hybridized carbons (Fsp3) is 0.938. The van der Waals surface area contributed by atoms with Crippen LogP contribution < -0.4 is 5.32 Å². The fourth-order valence-corrected chi connectivity index (χ4v) is 2.94. The molecule has 0 aromatic rings. The van der Waals surface area contributed by atoms with Crippen LogP contribution in [0.25, 0.3) is 0 Å². The number of unbranched alkanes of at least 4 members (excludes halogenated alkanes) is 1. The molecule has 1 rings (SSSR count). The monoisotopic (exact) mass is 268 g/mol. The van der Waals surface area contributed by atoms with Crippen molar-refractivity contribution in [2.75, 3.05) is 20.1 Å². The summed E-state index contributed by atoms with van der Waals surface area (Å²) in [6.07, 6.45) is 5.79. The first-order chi connectivity index (χ1) is 8.89. The summed E-state index contributed by atoms with van der Waals surface area (Å²) in [5.74, 6) is 0.916. The first-order valence-electron chi connectivity index (χ1n) is 7.85. The number of hydrogen-bond donors (Lipinski definition) is 1. The predicted molar refractivity (Wildman–Crippen MR) is 81.1 cm³/mol. The Morgan fingerprint density at radius 3 is 2.74 bits per heavy atom. The van der Waals surface area contributed by atoms with Gasteiger partial charge in [0.2, 0.25) is 5.91 Å². The minimum absolute atomic E-state index is 0.00382. The summed E-state index contributed by atoms with van der Waals surface area (Å²) in [5.41, 5.74) is 0.255. The number of amides is 1. The lowest BCUT2D eigenvalue weighted by Gasteiger charge is -2.27. The fourth-order valence-electron chi connectivity index (χ4n) is 2.94. The summed E-state index contributed by atoms with van der Waals surface area (Å²) in [4.78, 5) is 14.6. The lowest BCUT2D eigenvalue weighted by molar-refractivity contribution is -0.133. The summed E-state index contributed by atoms with van der Waals surface area (Å²) in [6.45, 7) is 10.9. The molecular weight excluding hydrogens is 236 g/mol. The molecule has 1 N–H and O–H groups in total. The van der Waals surface area contributed by atoms with E-state index in [0.717, 1.165) is 25.9 Å². The minimum atomic E-state index is -0.00382. The Morgan fingerprint density at radius 2 is 2.16 bits per heavy atom. The maximum absolute atomic E-state index is 12.5. The lowest BCUT2D eigenvalue weighted by atomic mass is 9.83. The van der Waals surface area contributed by atoms with E-state index in [0.29, 0.717) is 11.8 Å². The van der Waals surface area contributed by atoms with Crippen molar-refractivity contribution in [3.63, 3.8) is 0 Å².